The van der Waals surface area contributed by atoms with Gasteiger partial charge in [-0.3, -0.25) is 9.59 Å². The van der Waals surface area contributed by atoms with Gasteiger partial charge in [0.2, 0.25) is 0 Å². The Hall–Kier alpha value is -3.12. The summed E-state index contributed by atoms with van der Waals surface area (Å²) in [5, 5.41) is 2.86. The highest BCUT2D eigenvalue weighted by molar-refractivity contribution is 9.10. The Morgan fingerprint density at radius 2 is 1.74 bits per heavy atom. The van der Waals surface area contributed by atoms with Crippen molar-refractivity contribution in [2.24, 2.45) is 0 Å². The first-order valence-electron chi connectivity index (χ1n) is 10.1. The van der Waals surface area contributed by atoms with Gasteiger partial charge in [-0.2, -0.15) is 0 Å². The molecule has 0 saturated carbocycles. The molecule has 0 saturated heterocycles. The third-order valence-electron chi connectivity index (χ3n) is 4.63. The number of halogens is 1. The third-order valence-corrected chi connectivity index (χ3v) is 5.25. The lowest BCUT2D eigenvalue weighted by Crippen LogP contribution is -2.26. The summed E-state index contributed by atoms with van der Waals surface area (Å²) in [5.41, 5.74) is 2.63. The number of benzene rings is 3. The Labute approximate surface area is 191 Å². The summed E-state index contributed by atoms with van der Waals surface area (Å²) in [6.45, 7) is 3.16. The van der Waals surface area contributed by atoms with Crippen molar-refractivity contribution in [1.82, 2.24) is 4.90 Å². The van der Waals surface area contributed by atoms with Crippen LogP contribution in [0.2, 0.25) is 0 Å². The van der Waals surface area contributed by atoms with E-state index in [-0.39, 0.29) is 11.8 Å². The summed E-state index contributed by atoms with van der Waals surface area (Å²) in [6, 6.07) is 22.0. The van der Waals surface area contributed by atoms with Crippen LogP contribution in [-0.4, -0.2) is 30.4 Å². The lowest BCUT2D eigenvalue weighted by atomic mass is 10.1. The zero-order valence-corrected chi connectivity index (χ0v) is 19.2. The average Bonchev–Trinajstić information content (AvgIpc) is 2.78. The molecule has 0 aliphatic carbocycles. The molecule has 5 nitrogen and oxygen atoms in total. The van der Waals surface area contributed by atoms with Gasteiger partial charge in [0.1, 0.15) is 5.75 Å². The molecule has 3 rings (SSSR count). The SMILES string of the molecule is CCCOc1ccc(C(=O)Nc2cccc(C(=O)N(C)Cc3ccccc3)c2)cc1Br. The van der Waals surface area contributed by atoms with Crippen LogP contribution in [0.4, 0.5) is 5.69 Å². The highest BCUT2D eigenvalue weighted by Gasteiger charge is 2.14. The minimum Gasteiger partial charge on any atom is -0.492 e. The second-order valence-electron chi connectivity index (χ2n) is 7.18. The van der Waals surface area contributed by atoms with E-state index in [9.17, 15) is 9.59 Å². The number of amides is 2. The fraction of sp³-hybridized carbons (Fsp3) is 0.200. The van der Waals surface area contributed by atoms with Gasteiger partial charge >= 0.3 is 0 Å². The minimum atomic E-state index is -0.259. The largest absolute Gasteiger partial charge is 0.492 e. The van der Waals surface area contributed by atoms with E-state index in [0.717, 1.165) is 16.5 Å². The van der Waals surface area contributed by atoms with E-state index in [1.165, 1.54) is 0 Å². The monoisotopic (exact) mass is 480 g/mol. The van der Waals surface area contributed by atoms with E-state index in [2.05, 4.69) is 21.2 Å². The van der Waals surface area contributed by atoms with Crippen LogP contribution in [0.3, 0.4) is 0 Å². The molecule has 0 aliphatic heterocycles. The van der Waals surface area contributed by atoms with Gasteiger partial charge in [0.15, 0.2) is 0 Å². The molecule has 31 heavy (non-hydrogen) atoms. The van der Waals surface area contributed by atoms with Gasteiger partial charge in [-0.15, -0.1) is 0 Å². The van der Waals surface area contributed by atoms with Gasteiger partial charge in [0.25, 0.3) is 11.8 Å². The van der Waals surface area contributed by atoms with E-state index in [1.807, 2.05) is 37.3 Å². The number of carbonyl (C=O) groups is 2. The van der Waals surface area contributed by atoms with Crippen molar-refractivity contribution in [3.8, 4) is 5.75 Å². The van der Waals surface area contributed by atoms with Crippen LogP contribution in [0.5, 0.6) is 5.75 Å². The predicted molar refractivity (Wildman–Crippen MR) is 127 cm³/mol. The van der Waals surface area contributed by atoms with Crippen LogP contribution < -0.4 is 10.1 Å². The molecule has 6 heteroatoms. The van der Waals surface area contributed by atoms with E-state index in [0.29, 0.717) is 35.7 Å². The maximum Gasteiger partial charge on any atom is 0.255 e. The molecule has 0 radical (unpaired) electrons. The molecule has 0 fully saturated rings. The number of nitrogens with one attached hydrogen (secondary N) is 1. The summed E-state index contributed by atoms with van der Waals surface area (Å²) >= 11 is 3.45. The van der Waals surface area contributed by atoms with E-state index in [1.54, 1.807) is 54.4 Å². The molecular weight excluding hydrogens is 456 g/mol. The van der Waals surface area contributed by atoms with Gasteiger partial charge in [0.05, 0.1) is 11.1 Å². The highest BCUT2D eigenvalue weighted by Crippen LogP contribution is 2.26. The lowest BCUT2D eigenvalue weighted by Gasteiger charge is -2.18. The summed E-state index contributed by atoms with van der Waals surface area (Å²) in [7, 11) is 1.76. The quantitative estimate of drug-likeness (QED) is 0.445. The molecular formula is C25H25BrN2O3. The van der Waals surface area contributed by atoms with Crippen molar-refractivity contribution >= 4 is 33.4 Å². The van der Waals surface area contributed by atoms with Crippen molar-refractivity contribution in [3.05, 3.63) is 94.0 Å². The van der Waals surface area contributed by atoms with Crippen LogP contribution in [-0.2, 0) is 6.54 Å². The molecule has 1 N–H and O–H groups in total. The molecule has 3 aromatic rings. The lowest BCUT2D eigenvalue weighted by molar-refractivity contribution is 0.0784. The van der Waals surface area contributed by atoms with Crippen molar-refractivity contribution < 1.29 is 14.3 Å². The Bertz CT molecular complexity index is 1050. The predicted octanol–water partition coefficient (Wildman–Crippen LogP) is 5.76. The standard InChI is InChI=1S/C25H25BrN2O3/c1-3-14-31-23-13-12-19(16-22(23)26)24(29)27-21-11-7-10-20(15-21)25(30)28(2)17-18-8-5-4-6-9-18/h4-13,15-16H,3,14,17H2,1-2H3,(H,27,29). The van der Waals surface area contributed by atoms with E-state index < -0.39 is 0 Å². The van der Waals surface area contributed by atoms with Crippen LogP contribution in [0, 0.1) is 0 Å². The maximum atomic E-state index is 12.8. The number of ether oxygens (including phenoxy) is 1. The summed E-state index contributed by atoms with van der Waals surface area (Å²) in [6.07, 6.45) is 0.907. The molecule has 0 unspecified atom stereocenters. The summed E-state index contributed by atoms with van der Waals surface area (Å²) in [5.74, 6) is 0.331. The van der Waals surface area contributed by atoms with Gasteiger partial charge < -0.3 is 15.0 Å². The molecule has 160 valence electrons. The molecule has 0 heterocycles. The first kappa shape index (κ1) is 22.6. The highest BCUT2D eigenvalue weighted by atomic mass is 79.9. The first-order chi connectivity index (χ1) is 15.0. The fourth-order valence-corrected chi connectivity index (χ4v) is 3.55. The molecule has 3 aromatic carbocycles. The first-order valence-corrected chi connectivity index (χ1v) is 10.9. The van der Waals surface area contributed by atoms with Crippen LogP contribution >= 0.6 is 15.9 Å². The van der Waals surface area contributed by atoms with Gasteiger partial charge in [-0.25, -0.2) is 0 Å². The Kier molecular flexibility index (Phi) is 7.84. The molecule has 2 amide bonds. The number of nitrogens with zero attached hydrogens (tertiary/aromatic N) is 1. The summed E-state index contributed by atoms with van der Waals surface area (Å²) < 4.78 is 6.35. The molecule has 0 spiro atoms. The molecule has 0 aliphatic rings. The van der Waals surface area contributed by atoms with Crippen molar-refractivity contribution in [2.75, 3.05) is 19.0 Å². The topological polar surface area (TPSA) is 58.6 Å². The number of hydrogen-bond acceptors (Lipinski definition) is 3. The van der Waals surface area contributed by atoms with E-state index >= 15 is 0 Å². The smallest absolute Gasteiger partial charge is 0.255 e. The number of hydrogen-bond donors (Lipinski definition) is 1. The number of rotatable bonds is 8. The third kappa shape index (κ3) is 6.18. The normalized spacial score (nSPS) is 10.4. The zero-order chi connectivity index (χ0) is 22.2. The number of carbonyl (C=O) groups excluding carboxylic acids is 2. The minimum absolute atomic E-state index is 0.111. The van der Waals surface area contributed by atoms with Gasteiger partial charge in [-0.1, -0.05) is 43.3 Å². The Morgan fingerprint density at radius 3 is 2.45 bits per heavy atom. The second kappa shape index (κ2) is 10.8. The average molecular weight is 481 g/mol. The molecule has 0 atom stereocenters. The fourth-order valence-electron chi connectivity index (χ4n) is 3.05. The van der Waals surface area contributed by atoms with Crippen LogP contribution in [0.25, 0.3) is 0 Å². The second-order valence-corrected chi connectivity index (χ2v) is 8.03. The Morgan fingerprint density at radius 1 is 0.968 bits per heavy atom. The van der Waals surface area contributed by atoms with Crippen molar-refractivity contribution in [1.29, 1.82) is 0 Å². The van der Waals surface area contributed by atoms with Crippen molar-refractivity contribution in [3.63, 3.8) is 0 Å². The summed E-state index contributed by atoms with van der Waals surface area (Å²) in [4.78, 5) is 27.2. The molecule has 0 bridgehead atoms. The van der Waals surface area contributed by atoms with Crippen LogP contribution in [0.1, 0.15) is 39.6 Å². The van der Waals surface area contributed by atoms with Crippen molar-refractivity contribution in [2.45, 2.75) is 19.9 Å². The van der Waals surface area contributed by atoms with Gasteiger partial charge in [-0.05, 0) is 64.3 Å². The Balaban J connectivity index is 1.68. The van der Waals surface area contributed by atoms with E-state index in [4.69, 9.17) is 4.74 Å². The van der Waals surface area contributed by atoms with Crippen LogP contribution in [0.15, 0.2) is 77.3 Å². The molecule has 0 aromatic heterocycles. The maximum absolute atomic E-state index is 12.8. The zero-order valence-electron chi connectivity index (χ0n) is 17.6. The number of anilines is 1. The van der Waals surface area contributed by atoms with Gasteiger partial charge in [0, 0.05) is 30.4 Å².